The monoisotopic (exact) mass is 282 g/mol. The fourth-order valence-electron chi connectivity index (χ4n) is 1.68. The number of amides is 1. The highest BCUT2D eigenvalue weighted by Crippen LogP contribution is 2.07. The van der Waals surface area contributed by atoms with Gasteiger partial charge in [-0.25, -0.2) is 4.39 Å². The van der Waals surface area contributed by atoms with E-state index in [1.807, 2.05) is 6.07 Å². The summed E-state index contributed by atoms with van der Waals surface area (Å²) >= 11 is 5.78. The molecule has 0 aliphatic heterocycles. The fraction of sp³-hybridized carbons (Fsp3) is 0.429. The van der Waals surface area contributed by atoms with E-state index in [9.17, 15) is 9.18 Å². The summed E-state index contributed by atoms with van der Waals surface area (Å²) in [5.74, 6) is -0.463. The van der Waals surface area contributed by atoms with E-state index in [0.29, 0.717) is 19.5 Å². The largest absolute Gasteiger partial charge is 0.340 e. The molecule has 1 aromatic rings. The zero-order chi connectivity index (χ0) is 14.3. The van der Waals surface area contributed by atoms with Crippen molar-refractivity contribution in [3.8, 4) is 6.07 Å². The number of halogens is 2. The highest BCUT2D eigenvalue weighted by atomic mass is 35.5. The third-order valence-electron chi connectivity index (χ3n) is 2.73. The maximum absolute atomic E-state index is 12.8. The van der Waals surface area contributed by atoms with Crippen LogP contribution < -0.4 is 0 Å². The molecule has 1 amide bonds. The van der Waals surface area contributed by atoms with E-state index < -0.39 is 5.38 Å². The van der Waals surface area contributed by atoms with Crippen LogP contribution in [0.2, 0.25) is 0 Å². The first-order valence-corrected chi connectivity index (χ1v) is 6.52. The molecular weight excluding hydrogens is 267 g/mol. The third kappa shape index (κ3) is 5.27. The molecule has 1 unspecified atom stereocenters. The summed E-state index contributed by atoms with van der Waals surface area (Å²) in [5, 5.41) is 7.98. The summed E-state index contributed by atoms with van der Waals surface area (Å²) in [4.78, 5) is 13.4. The Kier molecular flexibility index (Phi) is 6.31. The first kappa shape index (κ1) is 15.5. The highest BCUT2D eigenvalue weighted by molar-refractivity contribution is 6.30. The molecule has 0 saturated heterocycles. The van der Waals surface area contributed by atoms with Crippen LogP contribution in [-0.2, 0) is 11.2 Å². The maximum atomic E-state index is 12.8. The van der Waals surface area contributed by atoms with Gasteiger partial charge in [-0.2, -0.15) is 5.26 Å². The molecule has 0 aliphatic rings. The fourth-order valence-corrected chi connectivity index (χ4v) is 1.82. The van der Waals surface area contributed by atoms with Crippen LogP contribution >= 0.6 is 11.6 Å². The van der Waals surface area contributed by atoms with E-state index in [4.69, 9.17) is 16.9 Å². The van der Waals surface area contributed by atoms with Gasteiger partial charge in [0.25, 0.3) is 0 Å². The molecule has 0 radical (unpaired) electrons. The Morgan fingerprint density at radius 3 is 2.58 bits per heavy atom. The lowest BCUT2D eigenvalue weighted by molar-refractivity contribution is -0.130. The van der Waals surface area contributed by atoms with E-state index in [0.717, 1.165) is 5.56 Å². The normalized spacial score (nSPS) is 11.7. The van der Waals surface area contributed by atoms with Crippen molar-refractivity contribution >= 4 is 17.5 Å². The standard InChI is InChI=1S/C14H16ClFN2O/c1-11(15)14(19)18(9-2-8-17)10-7-12-3-5-13(16)6-4-12/h3-6,11H,2,7,9-10H2,1H3. The molecule has 0 saturated carbocycles. The molecule has 1 aromatic carbocycles. The first-order valence-electron chi connectivity index (χ1n) is 6.09. The van der Waals surface area contributed by atoms with Crippen LogP contribution in [0.1, 0.15) is 18.9 Å². The summed E-state index contributed by atoms with van der Waals surface area (Å²) in [6.45, 7) is 2.46. The Balaban J connectivity index is 2.59. The van der Waals surface area contributed by atoms with Gasteiger partial charge in [-0.15, -0.1) is 11.6 Å². The number of benzene rings is 1. The molecule has 0 aromatic heterocycles. The zero-order valence-corrected chi connectivity index (χ0v) is 11.5. The number of hydrogen-bond acceptors (Lipinski definition) is 2. The lowest BCUT2D eigenvalue weighted by Crippen LogP contribution is -2.37. The Labute approximate surface area is 117 Å². The Morgan fingerprint density at radius 2 is 2.05 bits per heavy atom. The van der Waals surface area contributed by atoms with Gasteiger partial charge in [-0.1, -0.05) is 12.1 Å². The van der Waals surface area contributed by atoms with Crippen molar-refractivity contribution in [2.45, 2.75) is 25.1 Å². The summed E-state index contributed by atoms with van der Waals surface area (Å²) < 4.78 is 12.8. The van der Waals surface area contributed by atoms with Crippen LogP contribution in [0.15, 0.2) is 24.3 Å². The molecule has 0 N–H and O–H groups in total. The average Bonchev–Trinajstić information content (AvgIpc) is 2.40. The lowest BCUT2D eigenvalue weighted by Gasteiger charge is -2.22. The second-order valence-electron chi connectivity index (χ2n) is 4.23. The Bertz CT molecular complexity index is 454. The Morgan fingerprint density at radius 1 is 1.42 bits per heavy atom. The molecule has 0 bridgehead atoms. The van der Waals surface area contributed by atoms with Crippen LogP contribution in [0.3, 0.4) is 0 Å². The molecule has 1 atom stereocenters. The van der Waals surface area contributed by atoms with Crippen LogP contribution in [0, 0.1) is 17.1 Å². The van der Waals surface area contributed by atoms with Gasteiger partial charge in [0.05, 0.1) is 12.5 Å². The minimum absolute atomic E-state index is 0.181. The van der Waals surface area contributed by atoms with Gasteiger partial charge in [0.15, 0.2) is 0 Å². The lowest BCUT2D eigenvalue weighted by atomic mass is 10.1. The van der Waals surface area contributed by atoms with E-state index >= 15 is 0 Å². The van der Waals surface area contributed by atoms with Crippen molar-refractivity contribution in [2.24, 2.45) is 0 Å². The summed E-state index contributed by atoms with van der Waals surface area (Å²) in [6, 6.07) is 8.16. The van der Waals surface area contributed by atoms with E-state index in [-0.39, 0.29) is 18.1 Å². The SMILES string of the molecule is CC(Cl)C(=O)N(CCC#N)CCc1ccc(F)cc1. The van der Waals surface area contributed by atoms with Crippen LogP contribution in [0.5, 0.6) is 0 Å². The summed E-state index contributed by atoms with van der Waals surface area (Å²) in [7, 11) is 0. The maximum Gasteiger partial charge on any atom is 0.240 e. The molecule has 102 valence electrons. The minimum Gasteiger partial charge on any atom is -0.340 e. The van der Waals surface area contributed by atoms with Gasteiger partial charge >= 0.3 is 0 Å². The number of rotatable bonds is 6. The average molecular weight is 283 g/mol. The second-order valence-corrected chi connectivity index (χ2v) is 4.88. The van der Waals surface area contributed by atoms with E-state index in [1.54, 1.807) is 24.0 Å². The van der Waals surface area contributed by atoms with Gasteiger partial charge in [-0.05, 0) is 31.0 Å². The molecule has 0 heterocycles. The minimum atomic E-state index is -0.605. The van der Waals surface area contributed by atoms with Gasteiger partial charge in [0.1, 0.15) is 11.2 Å². The van der Waals surface area contributed by atoms with Gasteiger partial charge in [0, 0.05) is 13.1 Å². The topological polar surface area (TPSA) is 44.1 Å². The quantitative estimate of drug-likeness (QED) is 0.753. The molecule has 0 spiro atoms. The van der Waals surface area contributed by atoms with Crippen molar-refractivity contribution in [1.82, 2.24) is 4.90 Å². The molecule has 5 heteroatoms. The first-order chi connectivity index (χ1) is 9.04. The molecule has 0 fully saturated rings. The van der Waals surface area contributed by atoms with Crippen molar-refractivity contribution < 1.29 is 9.18 Å². The predicted octanol–water partition coefficient (Wildman–Crippen LogP) is 2.74. The van der Waals surface area contributed by atoms with Crippen LogP contribution in [0.4, 0.5) is 4.39 Å². The number of nitriles is 1. The van der Waals surface area contributed by atoms with Gasteiger partial charge in [0.2, 0.25) is 5.91 Å². The zero-order valence-electron chi connectivity index (χ0n) is 10.8. The van der Waals surface area contributed by atoms with Crippen LogP contribution in [0.25, 0.3) is 0 Å². The molecule has 3 nitrogen and oxygen atoms in total. The van der Waals surface area contributed by atoms with Crippen molar-refractivity contribution in [1.29, 1.82) is 5.26 Å². The van der Waals surface area contributed by atoms with Crippen molar-refractivity contribution in [2.75, 3.05) is 13.1 Å². The van der Waals surface area contributed by atoms with Crippen molar-refractivity contribution in [3.63, 3.8) is 0 Å². The van der Waals surface area contributed by atoms with E-state index in [1.165, 1.54) is 12.1 Å². The van der Waals surface area contributed by atoms with E-state index in [2.05, 4.69) is 0 Å². The molecule has 19 heavy (non-hydrogen) atoms. The third-order valence-corrected chi connectivity index (χ3v) is 2.92. The highest BCUT2D eigenvalue weighted by Gasteiger charge is 2.17. The number of alkyl halides is 1. The summed E-state index contributed by atoms with van der Waals surface area (Å²) in [5.41, 5.74) is 0.943. The van der Waals surface area contributed by atoms with Crippen molar-refractivity contribution in [3.05, 3.63) is 35.6 Å². The molecular formula is C14H16ClFN2O. The Hall–Kier alpha value is -1.60. The molecule has 0 aliphatic carbocycles. The van der Waals surface area contributed by atoms with Gasteiger partial charge in [-0.3, -0.25) is 4.79 Å². The summed E-state index contributed by atoms with van der Waals surface area (Å²) in [6.07, 6.45) is 0.889. The number of hydrogen-bond donors (Lipinski definition) is 0. The second kappa shape index (κ2) is 7.75. The van der Waals surface area contributed by atoms with Crippen LogP contribution in [-0.4, -0.2) is 29.3 Å². The smallest absolute Gasteiger partial charge is 0.240 e. The molecule has 1 rings (SSSR count). The number of nitrogens with zero attached hydrogens (tertiary/aromatic N) is 2. The van der Waals surface area contributed by atoms with Gasteiger partial charge < -0.3 is 4.90 Å². The number of carbonyl (C=O) groups excluding carboxylic acids is 1. The number of carbonyl (C=O) groups is 1. The predicted molar refractivity (Wildman–Crippen MR) is 72.2 cm³/mol.